The van der Waals surface area contributed by atoms with Crippen LogP contribution in [0, 0.1) is 0 Å². The highest BCUT2D eigenvalue weighted by Crippen LogP contribution is 2.25. The molecule has 1 saturated heterocycles. The molecule has 1 unspecified atom stereocenters. The van der Waals surface area contributed by atoms with E-state index in [-0.39, 0.29) is 0 Å². The van der Waals surface area contributed by atoms with Gasteiger partial charge in [-0.3, -0.25) is 9.59 Å². The van der Waals surface area contributed by atoms with Crippen LogP contribution in [0.2, 0.25) is 0 Å². The average Bonchev–Trinajstić information content (AvgIpc) is 2.27. The van der Waals surface area contributed by atoms with Gasteiger partial charge in [0.1, 0.15) is 12.1 Å². The van der Waals surface area contributed by atoms with Gasteiger partial charge in [0.25, 0.3) is 0 Å². The number of amides is 1. The van der Waals surface area contributed by atoms with Crippen molar-refractivity contribution in [1.82, 2.24) is 5.32 Å². The minimum Gasteiger partial charge on any atom is -0.457 e. The number of hydrogen-bond acceptors (Lipinski definition) is 6. The highest BCUT2D eigenvalue weighted by atomic mass is 19.1. The van der Waals surface area contributed by atoms with E-state index in [0.717, 1.165) is 6.92 Å². The van der Waals surface area contributed by atoms with Crippen LogP contribution in [0.4, 0.5) is 4.39 Å². The molecule has 0 spiro atoms. The molecule has 1 heterocycles. The van der Waals surface area contributed by atoms with Crippen LogP contribution < -0.4 is 5.32 Å². The maximum atomic E-state index is 13.9. The maximum Gasteiger partial charge on any atom is 0.303 e. The van der Waals surface area contributed by atoms with E-state index in [9.17, 15) is 19.1 Å². The molecular weight excluding hydrogens is 249 g/mol. The van der Waals surface area contributed by atoms with Gasteiger partial charge in [-0.2, -0.15) is 0 Å². The lowest BCUT2D eigenvalue weighted by molar-refractivity contribution is -0.245. The zero-order chi connectivity index (χ0) is 13.9. The van der Waals surface area contributed by atoms with Gasteiger partial charge < -0.3 is 25.0 Å². The fourth-order valence-electron chi connectivity index (χ4n) is 1.77. The predicted octanol–water partition coefficient (Wildman–Crippen LogP) is -1.53. The lowest BCUT2D eigenvalue weighted by Crippen LogP contribution is -2.63. The monoisotopic (exact) mass is 265 g/mol. The van der Waals surface area contributed by atoms with E-state index in [4.69, 9.17) is 14.6 Å². The molecule has 1 aliphatic rings. The van der Waals surface area contributed by atoms with E-state index in [2.05, 4.69) is 5.32 Å². The minimum absolute atomic E-state index is 0.533. The first-order chi connectivity index (χ1) is 8.36. The van der Waals surface area contributed by atoms with Crippen molar-refractivity contribution >= 4 is 11.9 Å². The Kier molecular flexibility index (Phi) is 5.00. The summed E-state index contributed by atoms with van der Waals surface area (Å²) in [7, 11) is 0. The van der Waals surface area contributed by atoms with Crippen molar-refractivity contribution in [3.63, 3.8) is 0 Å². The van der Waals surface area contributed by atoms with E-state index in [1.807, 2.05) is 0 Å². The molecule has 18 heavy (non-hydrogen) atoms. The minimum atomic E-state index is -1.85. The van der Waals surface area contributed by atoms with Gasteiger partial charge in [0, 0.05) is 13.8 Å². The first-order valence-corrected chi connectivity index (χ1v) is 5.39. The number of aliphatic hydroxyl groups is 2. The van der Waals surface area contributed by atoms with Crippen LogP contribution in [0.1, 0.15) is 13.8 Å². The third-order valence-corrected chi connectivity index (χ3v) is 2.50. The molecule has 1 amide bonds. The number of aliphatic hydroxyl groups excluding tert-OH is 2. The van der Waals surface area contributed by atoms with Crippen molar-refractivity contribution in [1.29, 1.82) is 0 Å². The molecule has 0 aromatic carbocycles. The van der Waals surface area contributed by atoms with Gasteiger partial charge in [-0.25, -0.2) is 4.39 Å². The summed E-state index contributed by atoms with van der Waals surface area (Å²) in [6.45, 7) is 1.57. The van der Waals surface area contributed by atoms with Crippen molar-refractivity contribution in [3.05, 3.63) is 0 Å². The number of ether oxygens (including phenoxy) is 2. The Morgan fingerprint density at radius 3 is 2.50 bits per heavy atom. The van der Waals surface area contributed by atoms with Gasteiger partial charge in [-0.05, 0) is 0 Å². The Morgan fingerprint density at radius 1 is 1.44 bits per heavy atom. The van der Waals surface area contributed by atoms with E-state index >= 15 is 0 Å². The molecule has 8 heteroatoms. The van der Waals surface area contributed by atoms with Crippen molar-refractivity contribution < 1.29 is 33.7 Å². The van der Waals surface area contributed by atoms with Crippen LogP contribution in [0.25, 0.3) is 0 Å². The number of halogens is 1. The number of nitrogens with one attached hydrogen (secondary N) is 1. The number of carbonyl (C=O) groups is 2. The van der Waals surface area contributed by atoms with Crippen molar-refractivity contribution in [2.75, 3.05) is 6.61 Å². The summed E-state index contributed by atoms with van der Waals surface area (Å²) < 4.78 is 23.5. The number of rotatable bonds is 3. The number of carbonyl (C=O) groups excluding carboxylic acids is 2. The van der Waals surface area contributed by atoms with Gasteiger partial charge in [-0.15, -0.1) is 0 Å². The molecule has 5 atom stereocenters. The predicted molar refractivity (Wildman–Crippen MR) is 56.0 cm³/mol. The van der Waals surface area contributed by atoms with Gasteiger partial charge in [0.05, 0.1) is 6.61 Å². The van der Waals surface area contributed by atoms with Gasteiger partial charge in [0.2, 0.25) is 5.91 Å². The van der Waals surface area contributed by atoms with Crippen molar-refractivity contribution in [2.45, 2.75) is 44.6 Å². The molecule has 0 saturated carbocycles. The Hall–Kier alpha value is -1.25. The Morgan fingerprint density at radius 2 is 2.06 bits per heavy atom. The highest BCUT2D eigenvalue weighted by Gasteiger charge is 2.48. The number of alkyl halides is 1. The molecule has 0 bridgehead atoms. The van der Waals surface area contributed by atoms with Gasteiger partial charge >= 0.3 is 5.97 Å². The van der Waals surface area contributed by atoms with E-state index in [1.54, 1.807) is 0 Å². The molecule has 3 N–H and O–H groups in total. The van der Waals surface area contributed by atoms with Crippen molar-refractivity contribution in [2.24, 2.45) is 0 Å². The Balaban J connectivity index is 2.89. The summed E-state index contributed by atoms with van der Waals surface area (Å²) in [5.74, 6) is -1.29. The van der Waals surface area contributed by atoms with Crippen LogP contribution in [0.3, 0.4) is 0 Å². The third-order valence-electron chi connectivity index (χ3n) is 2.50. The molecule has 0 radical (unpaired) electrons. The van der Waals surface area contributed by atoms with Crippen LogP contribution in [-0.2, 0) is 19.1 Å². The molecule has 0 aromatic heterocycles. The van der Waals surface area contributed by atoms with Crippen LogP contribution in [0.15, 0.2) is 0 Å². The summed E-state index contributed by atoms with van der Waals surface area (Å²) in [5, 5.41) is 20.8. The SMILES string of the molecule is CC(=O)N[C@H]1C(O)O[C@H](CO)[C@@H](F)[C@@H]1OC(C)=O. The Labute approximate surface area is 103 Å². The average molecular weight is 265 g/mol. The van der Waals surface area contributed by atoms with Crippen LogP contribution in [0.5, 0.6) is 0 Å². The second-order valence-electron chi connectivity index (χ2n) is 3.99. The lowest BCUT2D eigenvalue weighted by Gasteiger charge is -2.40. The van der Waals surface area contributed by atoms with E-state index < -0.39 is 49.2 Å². The largest absolute Gasteiger partial charge is 0.457 e. The topological polar surface area (TPSA) is 105 Å². The van der Waals surface area contributed by atoms with Crippen LogP contribution >= 0.6 is 0 Å². The summed E-state index contributed by atoms with van der Waals surface area (Å²) >= 11 is 0. The zero-order valence-electron chi connectivity index (χ0n) is 10.00. The second-order valence-corrected chi connectivity index (χ2v) is 3.99. The van der Waals surface area contributed by atoms with E-state index in [0.29, 0.717) is 0 Å². The quantitative estimate of drug-likeness (QED) is 0.535. The Bertz CT molecular complexity index is 325. The van der Waals surface area contributed by atoms with Gasteiger partial charge in [0.15, 0.2) is 18.6 Å². The maximum absolute atomic E-state index is 13.9. The second kappa shape index (κ2) is 6.07. The first kappa shape index (κ1) is 14.8. The van der Waals surface area contributed by atoms with Gasteiger partial charge in [-0.1, -0.05) is 0 Å². The normalized spacial score (nSPS) is 35.9. The van der Waals surface area contributed by atoms with Crippen molar-refractivity contribution in [3.8, 4) is 0 Å². The molecule has 1 aliphatic heterocycles. The summed E-state index contributed by atoms with van der Waals surface area (Å²) in [6, 6.07) is -1.22. The molecule has 1 rings (SSSR count). The van der Waals surface area contributed by atoms with Crippen LogP contribution in [-0.4, -0.2) is 59.4 Å². The fraction of sp³-hybridized carbons (Fsp3) is 0.800. The molecule has 1 fully saturated rings. The standard InChI is InChI=1S/C10H16FNO6/c1-4(14)12-8-9(17-5(2)15)7(11)6(3-13)18-10(8)16/h6-10,13,16H,3H2,1-2H3,(H,12,14)/t6-,7-,8-,9+,10?/m1/s1. The smallest absolute Gasteiger partial charge is 0.303 e. The summed E-state index contributed by atoms with van der Waals surface area (Å²) in [4.78, 5) is 21.9. The molecule has 7 nitrogen and oxygen atoms in total. The summed E-state index contributed by atoms with van der Waals surface area (Å²) in [6.07, 6.45) is -6.14. The molecule has 104 valence electrons. The number of hydrogen-bond donors (Lipinski definition) is 3. The fourth-order valence-corrected chi connectivity index (χ4v) is 1.77. The first-order valence-electron chi connectivity index (χ1n) is 5.39. The molecule has 0 aromatic rings. The highest BCUT2D eigenvalue weighted by molar-refractivity contribution is 5.73. The zero-order valence-corrected chi connectivity index (χ0v) is 10.00. The molecule has 0 aliphatic carbocycles. The third kappa shape index (κ3) is 3.37. The van der Waals surface area contributed by atoms with E-state index in [1.165, 1.54) is 6.92 Å². The molecular formula is C10H16FNO6. The summed E-state index contributed by atoms with van der Waals surface area (Å²) in [5.41, 5.74) is 0. The lowest BCUT2D eigenvalue weighted by atomic mass is 9.98. The number of esters is 1.